The van der Waals surface area contributed by atoms with Crippen molar-refractivity contribution in [3.63, 3.8) is 0 Å². The normalized spacial score (nSPS) is 13.3. The number of fused-ring (bicyclic) bond motifs is 1. The van der Waals surface area contributed by atoms with Gasteiger partial charge in [0, 0.05) is 10.9 Å². The van der Waals surface area contributed by atoms with Crippen molar-refractivity contribution in [1.82, 2.24) is 4.98 Å². The minimum Gasteiger partial charge on any atom is -0.481 e. The van der Waals surface area contributed by atoms with Crippen LogP contribution in [-0.4, -0.2) is 23.8 Å². The highest BCUT2D eigenvalue weighted by Gasteiger charge is 2.18. The van der Waals surface area contributed by atoms with Crippen LogP contribution < -0.4 is 19.5 Å². The summed E-state index contributed by atoms with van der Waals surface area (Å²) >= 11 is 1.36. The summed E-state index contributed by atoms with van der Waals surface area (Å²) in [6.07, 6.45) is -0.635. The second-order valence-corrected chi connectivity index (χ2v) is 7.03. The molecule has 2 heterocycles. The second-order valence-electron chi connectivity index (χ2n) is 6.17. The third-order valence-electron chi connectivity index (χ3n) is 4.07. The van der Waals surface area contributed by atoms with Crippen molar-refractivity contribution in [2.75, 3.05) is 12.1 Å². The molecule has 4 rings (SSSR count). The van der Waals surface area contributed by atoms with Crippen molar-refractivity contribution in [3.8, 4) is 28.5 Å². The molecule has 1 N–H and O–H groups in total. The lowest BCUT2D eigenvalue weighted by molar-refractivity contribution is -0.122. The zero-order valence-corrected chi connectivity index (χ0v) is 15.7. The number of ether oxygens (including phenoxy) is 3. The Morgan fingerprint density at radius 3 is 2.93 bits per heavy atom. The molecule has 1 aliphatic rings. The van der Waals surface area contributed by atoms with Gasteiger partial charge in [0.05, 0.1) is 5.69 Å². The number of hydrogen-bond acceptors (Lipinski definition) is 6. The molecule has 1 aromatic heterocycles. The van der Waals surface area contributed by atoms with Gasteiger partial charge in [0.2, 0.25) is 6.79 Å². The summed E-state index contributed by atoms with van der Waals surface area (Å²) in [7, 11) is 0. The molecule has 0 radical (unpaired) electrons. The fourth-order valence-corrected chi connectivity index (χ4v) is 3.40. The van der Waals surface area contributed by atoms with Gasteiger partial charge in [-0.2, -0.15) is 0 Å². The average molecular weight is 382 g/mol. The highest BCUT2D eigenvalue weighted by molar-refractivity contribution is 7.14. The standard InChI is InChI=1S/C20H18N2O4S/c1-12-4-3-5-15(8-12)26-13(2)19(23)22-20-21-16(10-27-20)14-6-7-17-18(9-14)25-11-24-17/h3-10,13H,11H2,1-2H3,(H,21,22,23). The molecule has 1 aliphatic heterocycles. The Kier molecular flexibility index (Phi) is 4.68. The maximum Gasteiger partial charge on any atom is 0.266 e. The summed E-state index contributed by atoms with van der Waals surface area (Å²) in [4.78, 5) is 16.9. The molecule has 0 saturated heterocycles. The van der Waals surface area contributed by atoms with Gasteiger partial charge < -0.3 is 14.2 Å². The van der Waals surface area contributed by atoms with Crippen molar-refractivity contribution in [1.29, 1.82) is 0 Å². The number of nitrogens with one attached hydrogen (secondary N) is 1. The minimum atomic E-state index is -0.635. The molecule has 138 valence electrons. The number of nitrogens with zero attached hydrogens (tertiary/aromatic N) is 1. The Morgan fingerprint density at radius 1 is 1.22 bits per heavy atom. The van der Waals surface area contributed by atoms with Gasteiger partial charge in [-0.25, -0.2) is 4.98 Å². The maximum atomic E-state index is 12.4. The Labute approximate surface area is 160 Å². The highest BCUT2D eigenvalue weighted by Crippen LogP contribution is 2.36. The summed E-state index contributed by atoms with van der Waals surface area (Å²) in [5.41, 5.74) is 2.74. The van der Waals surface area contributed by atoms with Crippen molar-refractivity contribution >= 4 is 22.4 Å². The number of amides is 1. The third-order valence-corrected chi connectivity index (χ3v) is 4.83. The van der Waals surface area contributed by atoms with Crippen molar-refractivity contribution in [3.05, 3.63) is 53.4 Å². The number of anilines is 1. The van der Waals surface area contributed by atoms with E-state index in [0.29, 0.717) is 16.6 Å². The molecule has 1 atom stereocenters. The molecule has 1 amide bonds. The van der Waals surface area contributed by atoms with Crippen molar-refractivity contribution < 1.29 is 19.0 Å². The Hall–Kier alpha value is -3.06. The van der Waals surface area contributed by atoms with Crippen molar-refractivity contribution in [2.45, 2.75) is 20.0 Å². The lowest BCUT2D eigenvalue weighted by atomic mass is 10.1. The number of thiazole rings is 1. The molecule has 0 bridgehead atoms. The van der Waals surface area contributed by atoms with Crippen LogP contribution in [0.1, 0.15) is 12.5 Å². The fraction of sp³-hybridized carbons (Fsp3) is 0.200. The van der Waals surface area contributed by atoms with Crippen LogP contribution in [0.3, 0.4) is 0 Å². The summed E-state index contributed by atoms with van der Waals surface area (Å²) in [6, 6.07) is 13.2. The first-order valence-electron chi connectivity index (χ1n) is 8.48. The minimum absolute atomic E-state index is 0.232. The van der Waals surface area contributed by atoms with Crippen LogP contribution in [0.5, 0.6) is 17.2 Å². The van der Waals surface area contributed by atoms with Crippen molar-refractivity contribution in [2.24, 2.45) is 0 Å². The number of benzene rings is 2. The van der Waals surface area contributed by atoms with Gasteiger partial charge in [0.25, 0.3) is 5.91 Å². The lowest BCUT2D eigenvalue weighted by Crippen LogP contribution is -2.30. The number of hydrogen-bond donors (Lipinski definition) is 1. The van der Waals surface area contributed by atoms with Gasteiger partial charge in [-0.3, -0.25) is 10.1 Å². The molecule has 3 aromatic rings. The van der Waals surface area contributed by atoms with Gasteiger partial charge in [-0.1, -0.05) is 12.1 Å². The van der Waals surface area contributed by atoms with Crippen LogP contribution in [0, 0.1) is 6.92 Å². The third kappa shape index (κ3) is 3.88. The SMILES string of the molecule is Cc1cccc(OC(C)C(=O)Nc2nc(-c3ccc4c(c3)OCO4)cs2)c1. The van der Waals surface area contributed by atoms with Crippen LogP contribution in [0.15, 0.2) is 47.8 Å². The van der Waals surface area contributed by atoms with Gasteiger partial charge in [0.15, 0.2) is 22.7 Å². The first kappa shape index (κ1) is 17.4. The van der Waals surface area contributed by atoms with E-state index < -0.39 is 6.10 Å². The molecule has 0 fully saturated rings. The number of carbonyl (C=O) groups is 1. The summed E-state index contributed by atoms with van der Waals surface area (Å²) in [5, 5.41) is 5.22. The van der Waals surface area contributed by atoms with Gasteiger partial charge in [-0.15, -0.1) is 11.3 Å². The largest absolute Gasteiger partial charge is 0.481 e. The van der Waals surface area contributed by atoms with E-state index in [1.165, 1.54) is 11.3 Å². The van der Waals surface area contributed by atoms with Gasteiger partial charge in [0.1, 0.15) is 5.75 Å². The molecular weight excluding hydrogens is 364 g/mol. The van der Waals surface area contributed by atoms with E-state index in [1.54, 1.807) is 6.92 Å². The molecular formula is C20H18N2O4S. The maximum absolute atomic E-state index is 12.4. The average Bonchev–Trinajstić information content (AvgIpc) is 3.30. The number of rotatable bonds is 5. The molecule has 2 aromatic carbocycles. The Bertz CT molecular complexity index is 986. The number of aromatic nitrogens is 1. The smallest absolute Gasteiger partial charge is 0.266 e. The Balaban J connectivity index is 1.42. The molecule has 27 heavy (non-hydrogen) atoms. The van der Waals surface area contributed by atoms with Crippen LogP contribution in [0.25, 0.3) is 11.3 Å². The van der Waals surface area contributed by atoms with E-state index in [1.807, 2.05) is 54.8 Å². The van der Waals surface area contributed by atoms with Crippen LogP contribution in [0.2, 0.25) is 0 Å². The topological polar surface area (TPSA) is 69.7 Å². The molecule has 0 saturated carbocycles. The lowest BCUT2D eigenvalue weighted by Gasteiger charge is -2.14. The van der Waals surface area contributed by atoms with Gasteiger partial charge in [-0.05, 0) is 49.7 Å². The first-order valence-corrected chi connectivity index (χ1v) is 9.36. The molecule has 7 heteroatoms. The van der Waals surface area contributed by atoms with E-state index in [4.69, 9.17) is 14.2 Å². The summed E-state index contributed by atoms with van der Waals surface area (Å²) < 4.78 is 16.4. The van der Waals surface area contributed by atoms with E-state index >= 15 is 0 Å². The van der Waals surface area contributed by atoms with Gasteiger partial charge >= 0.3 is 0 Å². The van der Waals surface area contributed by atoms with E-state index in [9.17, 15) is 4.79 Å². The summed E-state index contributed by atoms with van der Waals surface area (Å²) in [6.45, 7) is 3.92. The highest BCUT2D eigenvalue weighted by atomic mass is 32.1. The quantitative estimate of drug-likeness (QED) is 0.714. The zero-order chi connectivity index (χ0) is 18.8. The first-order chi connectivity index (χ1) is 13.1. The monoisotopic (exact) mass is 382 g/mol. The molecule has 0 aliphatic carbocycles. The van der Waals surface area contributed by atoms with Crippen LogP contribution >= 0.6 is 11.3 Å². The van der Waals surface area contributed by atoms with Crippen LogP contribution in [-0.2, 0) is 4.79 Å². The van der Waals surface area contributed by atoms with E-state index in [2.05, 4.69) is 10.3 Å². The predicted molar refractivity (Wildman–Crippen MR) is 104 cm³/mol. The molecule has 1 unspecified atom stereocenters. The number of aryl methyl sites for hydroxylation is 1. The molecule has 6 nitrogen and oxygen atoms in total. The van der Waals surface area contributed by atoms with E-state index in [0.717, 1.165) is 22.6 Å². The Morgan fingerprint density at radius 2 is 2.07 bits per heavy atom. The predicted octanol–water partition coefficient (Wildman–Crippen LogP) is 4.25. The number of carbonyl (C=O) groups excluding carboxylic acids is 1. The molecule has 0 spiro atoms. The summed E-state index contributed by atoms with van der Waals surface area (Å²) in [5.74, 6) is 1.84. The zero-order valence-electron chi connectivity index (χ0n) is 14.9. The van der Waals surface area contributed by atoms with E-state index in [-0.39, 0.29) is 12.7 Å². The fourth-order valence-electron chi connectivity index (χ4n) is 2.67. The van der Waals surface area contributed by atoms with Crippen LogP contribution in [0.4, 0.5) is 5.13 Å². The second kappa shape index (κ2) is 7.28.